The van der Waals surface area contributed by atoms with Crippen LogP contribution in [0.3, 0.4) is 0 Å². The van der Waals surface area contributed by atoms with Crippen molar-refractivity contribution >= 4 is 11.9 Å². The molecule has 8 heteroatoms. The van der Waals surface area contributed by atoms with Crippen molar-refractivity contribution in [1.82, 2.24) is 15.0 Å². The SMILES string of the molecule is COc1nc(N(C)CO)nc(N(C)CO)n1. The van der Waals surface area contributed by atoms with Gasteiger partial charge in [-0.05, 0) is 0 Å². The fourth-order valence-corrected chi connectivity index (χ4v) is 0.895. The van der Waals surface area contributed by atoms with E-state index in [-0.39, 0.29) is 31.4 Å². The number of aromatic nitrogens is 3. The predicted octanol–water partition coefficient (Wildman–Crippen LogP) is -1.35. The van der Waals surface area contributed by atoms with E-state index in [9.17, 15) is 0 Å². The molecule has 0 aliphatic rings. The number of ether oxygens (including phenoxy) is 1. The summed E-state index contributed by atoms with van der Waals surface area (Å²) in [6, 6.07) is 0.126. The number of hydrogen-bond donors (Lipinski definition) is 2. The first-order valence-electron chi connectivity index (χ1n) is 4.56. The summed E-state index contributed by atoms with van der Waals surface area (Å²) in [7, 11) is 4.68. The Hall–Kier alpha value is -1.67. The molecule has 0 fully saturated rings. The van der Waals surface area contributed by atoms with Gasteiger partial charge in [0.2, 0.25) is 11.9 Å². The third kappa shape index (κ3) is 2.67. The van der Waals surface area contributed by atoms with E-state index in [4.69, 9.17) is 14.9 Å². The summed E-state index contributed by atoms with van der Waals surface area (Å²) in [6.07, 6.45) is 0. The Kier molecular flexibility index (Phi) is 4.20. The van der Waals surface area contributed by atoms with Crippen LogP contribution in [0.4, 0.5) is 11.9 Å². The van der Waals surface area contributed by atoms with Gasteiger partial charge in [-0.1, -0.05) is 0 Å². The first kappa shape index (κ1) is 12.4. The lowest BCUT2D eigenvalue weighted by atomic mass is 10.7. The molecule has 0 bridgehead atoms. The zero-order chi connectivity index (χ0) is 12.1. The second kappa shape index (κ2) is 5.42. The largest absolute Gasteiger partial charge is 0.467 e. The highest BCUT2D eigenvalue weighted by Gasteiger charge is 2.12. The van der Waals surface area contributed by atoms with Gasteiger partial charge >= 0.3 is 6.01 Å². The van der Waals surface area contributed by atoms with E-state index in [0.29, 0.717) is 0 Å². The molecule has 0 radical (unpaired) electrons. The highest BCUT2D eigenvalue weighted by molar-refractivity contribution is 5.38. The molecule has 90 valence electrons. The van der Waals surface area contributed by atoms with Crippen LogP contribution in [0.25, 0.3) is 0 Å². The van der Waals surface area contributed by atoms with Crippen molar-refractivity contribution in [3.8, 4) is 6.01 Å². The van der Waals surface area contributed by atoms with Gasteiger partial charge in [-0.2, -0.15) is 15.0 Å². The average molecular weight is 229 g/mol. The summed E-state index contributed by atoms with van der Waals surface area (Å²) in [5.41, 5.74) is 0. The fraction of sp³-hybridized carbons (Fsp3) is 0.625. The van der Waals surface area contributed by atoms with E-state index in [1.807, 2.05) is 0 Å². The second-order valence-corrected chi connectivity index (χ2v) is 3.10. The summed E-state index contributed by atoms with van der Waals surface area (Å²) in [6.45, 7) is -0.453. The number of nitrogens with zero attached hydrogens (tertiary/aromatic N) is 5. The van der Waals surface area contributed by atoms with E-state index in [0.717, 1.165) is 0 Å². The zero-order valence-corrected chi connectivity index (χ0v) is 9.45. The van der Waals surface area contributed by atoms with Gasteiger partial charge in [0.1, 0.15) is 13.5 Å². The quantitative estimate of drug-likeness (QED) is 0.598. The molecule has 0 saturated heterocycles. The monoisotopic (exact) mass is 229 g/mol. The summed E-state index contributed by atoms with van der Waals surface area (Å²) < 4.78 is 4.91. The number of methoxy groups -OCH3 is 1. The number of rotatable bonds is 5. The van der Waals surface area contributed by atoms with E-state index >= 15 is 0 Å². The smallest absolute Gasteiger partial charge is 0.322 e. The van der Waals surface area contributed by atoms with Gasteiger partial charge in [-0.3, -0.25) is 0 Å². The van der Waals surface area contributed by atoms with Crippen molar-refractivity contribution in [2.45, 2.75) is 0 Å². The molecule has 0 aliphatic heterocycles. The first-order valence-corrected chi connectivity index (χ1v) is 4.56. The standard InChI is InChI=1S/C8H15N5O3/c1-12(4-14)6-9-7(13(2)5-15)11-8(10-6)16-3/h14-15H,4-5H2,1-3H3. The molecule has 1 aromatic rings. The van der Waals surface area contributed by atoms with Gasteiger partial charge < -0.3 is 24.7 Å². The Morgan fingerprint density at radius 2 is 1.44 bits per heavy atom. The molecule has 8 nitrogen and oxygen atoms in total. The van der Waals surface area contributed by atoms with E-state index < -0.39 is 0 Å². The molecule has 0 atom stereocenters. The van der Waals surface area contributed by atoms with Gasteiger partial charge in [0.15, 0.2) is 0 Å². The maximum atomic E-state index is 8.96. The van der Waals surface area contributed by atoms with Crippen LogP contribution in [0.2, 0.25) is 0 Å². The molecular formula is C8H15N5O3. The predicted molar refractivity (Wildman–Crippen MR) is 57.4 cm³/mol. The van der Waals surface area contributed by atoms with E-state index in [1.54, 1.807) is 14.1 Å². The third-order valence-corrected chi connectivity index (χ3v) is 1.88. The van der Waals surface area contributed by atoms with Crippen LogP contribution in [0, 0.1) is 0 Å². The molecule has 0 amide bonds. The van der Waals surface area contributed by atoms with Gasteiger partial charge in [0.05, 0.1) is 7.11 Å². The lowest BCUT2D eigenvalue weighted by Gasteiger charge is -2.18. The molecule has 0 spiro atoms. The Labute approximate surface area is 93.1 Å². The van der Waals surface area contributed by atoms with E-state index in [1.165, 1.54) is 16.9 Å². The molecule has 16 heavy (non-hydrogen) atoms. The van der Waals surface area contributed by atoms with Crippen molar-refractivity contribution in [2.24, 2.45) is 0 Å². The Morgan fingerprint density at radius 3 is 1.75 bits per heavy atom. The molecule has 0 unspecified atom stereocenters. The minimum absolute atomic E-state index is 0.126. The molecule has 1 aromatic heterocycles. The topological polar surface area (TPSA) is 94.8 Å². The van der Waals surface area contributed by atoms with Crippen LogP contribution in [0.15, 0.2) is 0 Å². The van der Waals surface area contributed by atoms with Crippen LogP contribution in [-0.2, 0) is 0 Å². The third-order valence-electron chi connectivity index (χ3n) is 1.88. The van der Waals surface area contributed by atoms with Gasteiger partial charge in [-0.15, -0.1) is 0 Å². The highest BCUT2D eigenvalue weighted by Crippen LogP contribution is 2.15. The van der Waals surface area contributed by atoms with Crippen LogP contribution < -0.4 is 14.5 Å². The lowest BCUT2D eigenvalue weighted by Crippen LogP contribution is -2.25. The number of hydrogen-bond acceptors (Lipinski definition) is 8. The molecule has 1 rings (SSSR count). The minimum atomic E-state index is -0.227. The van der Waals surface area contributed by atoms with Crippen molar-refractivity contribution in [2.75, 3.05) is 44.5 Å². The molecule has 0 saturated carbocycles. The molecule has 0 aliphatic carbocycles. The zero-order valence-electron chi connectivity index (χ0n) is 9.45. The van der Waals surface area contributed by atoms with Crippen molar-refractivity contribution in [3.05, 3.63) is 0 Å². The summed E-state index contributed by atoms with van der Waals surface area (Å²) >= 11 is 0. The maximum absolute atomic E-state index is 8.96. The Morgan fingerprint density at radius 1 is 1.00 bits per heavy atom. The normalized spacial score (nSPS) is 10.1. The Bertz CT molecular complexity index is 320. The van der Waals surface area contributed by atoms with Crippen LogP contribution >= 0.6 is 0 Å². The molecular weight excluding hydrogens is 214 g/mol. The number of aliphatic hydroxyl groups is 2. The highest BCUT2D eigenvalue weighted by atomic mass is 16.5. The van der Waals surface area contributed by atoms with Crippen molar-refractivity contribution < 1.29 is 14.9 Å². The number of anilines is 2. The maximum Gasteiger partial charge on any atom is 0.322 e. The second-order valence-electron chi connectivity index (χ2n) is 3.10. The lowest BCUT2D eigenvalue weighted by molar-refractivity contribution is 0.292. The van der Waals surface area contributed by atoms with Crippen molar-refractivity contribution in [1.29, 1.82) is 0 Å². The molecule has 0 aromatic carbocycles. The van der Waals surface area contributed by atoms with E-state index in [2.05, 4.69) is 15.0 Å². The minimum Gasteiger partial charge on any atom is -0.467 e. The van der Waals surface area contributed by atoms with Gasteiger partial charge in [0, 0.05) is 14.1 Å². The number of aliphatic hydroxyl groups excluding tert-OH is 2. The fourth-order valence-electron chi connectivity index (χ4n) is 0.895. The molecule has 2 N–H and O–H groups in total. The summed E-state index contributed by atoms with van der Waals surface area (Å²) in [5, 5.41) is 17.9. The summed E-state index contributed by atoms with van der Waals surface area (Å²) in [5.74, 6) is 0.536. The Balaban J connectivity index is 3.10. The average Bonchev–Trinajstić information content (AvgIpc) is 2.35. The molecule has 1 heterocycles. The van der Waals surface area contributed by atoms with Gasteiger partial charge in [-0.25, -0.2) is 0 Å². The van der Waals surface area contributed by atoms with Crippen LogP contribution in [0.1, 0.15) is 0 Å². The summed E-state index contributed by atoms with van der Waals surface area (Å²) in [4.78, 5) is 14.8. The van der Waals surface area contributed by atoms with Gasteiger partial charge in [0.25, 0.3) is 0 Å². The van der Waals surface area contributed by atoms with Crippen LogP contribution in [0.5, 0.6) is 6.01 Å². The van der Waals surface area contributed by atoms with Crippen LogP contribution in [-0.4, -0.2) is 59.8 Å². The van der Waals surface area contributed by atoms with Crippen molar-refractivity contribution in [3.63, 3.8) is 0 Å². The first-order chi connectivity index (χ1) is 7.62.